The molecular formula is C14H16N2. The number of hydrogen-bond donors (Lipinski definition) is 1. The fraction of sp³-hybridized carbons (Fsp3) is 0.357. The number of pyridine rings is 1. The summed E-state index contributed by atoms with van der Waals surface area (Å²) in [6.07, 6.45) is 10.4. The third-order valence-corrected chi connectivity index (χ3v) is 3.68. The Balaban J connectivity index is 1.88. The number of aromatic nitrogens is 1. The zero-order chi connectivity index (χ0) is 11.0. The third kappa shape index (κ3) is 1.59. The van der Waals surface area contributed by atoms with Crippen molar-refractivity contribution in [2.45, 2.75) is 18.9 Å². The maximum atomic E-state index is 4.26. The van der Waals surface area contributed by atoms with Crippen LogP contribution in [0, 0.1) is 5.92 Å². The molecule has 1 aliphatic carbocycles. The summed E-state index contributed by atoms with van der Waals surface area (Å²) < 4.78 is 0. The van der Waals surface area contributed by atoms with E-state index in [1.54, 1.807) is 0 Å². The second kappa shape index (κ2) is 3.87. The van der Waals surface area contributed by atoms with E-state index in [1.807, 2.05) is 18.5 Å². The number of nitrogens with zero attached hydrogens (tertiary/aromatic N) is 1. The maximum Gasteiger partial charge on any atom is 0.0343 e. The van der Waals surface area contributed by atoms with E-state index < -0.39 is 0 Å². The first kappa shape index (κ1) is 9.79. The van der Waals surface area contributed by atoms with Crippen LogP contribution < -0.4 is 5.32 Å². The van der Waals surface area contributed by atoms with E-state index in [1.165, 1.54) is 24.1 Å². The predicted octanol–water partition coefficient (Wildman–Crippen LogP) is 2.49. The SMILES string of the molecule is C=Cc1cncc(C2=CC[C@H]3CN[C@H]3C2)c1. The summed E-state index contributed by atoms with van der Waals surface area (Å²) in [5.41, 5.74) is 3.79. The molecular weight excluding hydrogens is 196 g/mol. The summed E-state index contributed by atoms with van der Waals surface area (Å²) in [4.78, 5) is 4.26. The summed E-state index contributed by atoms with van der Waals surface area (Å²) in [5, 5.41) is 3.49. The molecule has 0 bridgehead atoms. The largest absolute Gasteiger partial charge is 0.313 e. The number of nitrogens with one attached hydrogen (secondary N) is 1. The van der Waals surface area contributed by atoms with E-state index in [0.29, 0.717) is 6.04 Å². The van der Waals surface area contributed by atoms with Crippen LogP contribution in [0.2, 0.25) is 0 Å². The van der Waals surface area contributed by atoms with Gasteiger partial charge < -0.3 is 5.32 Å². The van der Waals surface area contributed by atoms with Crippen LogP contribution in [-0.2, 0) is 0 Å². The van der Waals surface area contributed by atoms with Gasteiger partial charge in [-0.25, -0.2) is 0 Å². The van der Waals surface area contributed by atoms with Crippen LogP contribution in [0.15, 0.2) is 31.1 Å². The second-order valence-corrected chi connectivity index (χ2v) is 4.66. The van der Waals surface area contributed by atoms with Crippen molar-refractivity contribution in [1.29, 1.82) is 0 Å². The molecule has 1 saturated heterocycles. The lowest BCUT2D eigenvalue weighted by atomic mass is 9.78. The Morgan fingerprint density at radius 3 is 3.06 bits per heavy atom. The molecule has 0 radical (unpaired) electrons. The molecule has 1 N–H and O–H groups in total. The van der Waals surface area contributed by atoms with Gasteiger partial charge >= 0.3 is 0 Å². The predicted molar refractivity (Wildman–Crippen MR) is 66.8 cm³/mol. The Morgan fingerprint density at radius 1 is 1.44 bits per heavy atom. The molecule has 1 fully saturated rings. The molecule has 2 heterocycles. The fourth-order valence-electron chi connectivity index (χ4n) is 2.53. The maximum absolute atomic E-state index is 4.26. The number of rotatable bonds is 2. The van der Waals surface area contributed by atoms with Crippen LogP contribution >= 0.6 is 0 Å². The zero-order valence-electron chi connectivity index (χ0n) is 9.32. The monoisotopic (exact) mass is 212 g/mol. The molecule has 2 atom stereocenters. The van der Waals surface area contributed by atoms with Crippen molar-refractivity contribution in [3.05, 3.63) is 42.2 Å². The first-order valence-electron chi connectivity index (χ1n) is 5.87. The molecule has 1 aliphatic heterocycles. The molecule has 0 saturated carbocycles. The molecule has 0 aromatic carbocycles. The van der Waals surface area contributed by atoms with Gasteiger partial charge in [-0.1, -0.05) is 18.7 Å². The van der Waals surface area contributed by atoms with Crippen molar-refractivity contribution < 1.29 is 0 Å². The second-order valence-electron chi connectivity index (χ2n) is 4.66. The highest BCUT2D eigenvalue weighted by Crippen LogP contribution is 2.34. The summed E-state index contributed by atoms with van der Waals surface area (Å²) in [7, 11) is 0. The van der Waals surface area contributed by atoms with Gasteiger partial charge in [0.1, 0.15) is 0 Å². The van der Waals surface area contributed by atoms with Gasteiger partial charge in [0.05, 0.1) is 0 Å². The lowest BCUT2D eigenvalue weighted by Crippen LogP contribution is -2.53. The lowest BCUT2D eigenvalue weighted by molar-refractivity contribution is 0.231. The Morgan fingerprint density at radius 2 is 2.38 bits per heavy atom. The topological polar surface area (TPSA) is 24.9 Å². The van der Waals surface area contributed by atoms with Gasteiger partial charge in [0.15, 0.2) is 0 Å². The van der Waals surface area contributed by atoms with Gasteiger partial charge in [0.2, 0.25) is 0 Å². The minimum Gasteiger partial charge on any atom is -0.313 e. The highest BCUT2D eigenvalue weighted by molar-refractivity contribution is 5.68. The first-order chi connectivity index (χ1) is 7.86. The standard InChI is InChI=1S/C14H16N2/c1-2-10-5-13(8-15-7-10)11-3-4-12-9-16-14(12)6-11/h2-3,5,7-8,12,14,16H,1,4,6,9H2/t12-,14-/m0/s1. The molecule has 2 aliphatic rings. The Bertz CT molecular complexity index is 448. The van der Waals surface area contributed by atoms with Crippen molar-refractivity contribution in [2.75, 3.05) is 6.54 Å². The molecule has 0 unspecified atom stereocenters. The van der Waals surface area contributed by atoms with E-state index in [0.717, 1.165) is 17.9 Å². The van der Waals surface area contributed by atoms with Crippen molar-refractivity contribution in [3.8, 4) is 0 Å². The molecule has 16 heavy (non-hydrogen) atoms. The van der Waals surface area contributed by atoms with E-state index in [4.69, 9.17) is 0 Å². The van der Waals surface area contributed by atoms with Gasteiger partial charge in [-0.15, -0.1) is 0 Å². The Hall–Kier alpha value is -1.41. The number of allylic oxidation sites excluding steroid dienone is 1. The molecule has 82 valence electrons. The van der Waals surface area contributed by atoms with Gasteiger partial charge in [0.25, 0.3) is 0 Å². The first-order valence-corrected chi connectivity index (χ1v) is 5.87. The minimum atomic E-state index is 0.701. The molecule has 1 aromatic heterocycles. The smallest absolute Gasteiger partial charge is 0.0343 e. The van der Waals surface area contributed by atoms with Crippen LogP contribution in [0.1, 0.15) is 24.0 Å². The van der Waals surface area contributed by atoms with Crippen LogP contribution in [0.4, 0.5) is 0 Å². The average Bonchev–Trinajstić information content (AvgIpc) is 2.31. The summed E-state index contributed by atoms with van der Waals surface area (Å²) in [6, 6.07) is 2.87. The highest BCUT2D eigenvalue weighted by Gasteiger charge is 2.32. The Kier molecular flexibility index (Phi) is 2.37. The molecule has 3 rings (SSSR count). The molecule has 0 amide bonds. The van der Waals surface area contributed by atoms with E-state index >= 15 is 0 Å². The third-order valence-electron chi connectivity index (χ3n) is 3.68. The quantitative estimate of drug-likeness (QED) is 0.814. The fourth-order valence-corrected chi connectivity index (χ4v) is 2.53. The van der Waals surface area contributed by atoms with Gasteiger partial charge in [0, 0.05) is 25.0 Å². The van der Waals surface area contributed by atoms with Gasteiger partial charge in [-0.3, -0.25) is 4.98 Å². The highest BCUT2D eigenvalue weighted by atomic mass is 15.0. The van der Waals surface area contributed by atoms with Gasteiger partial charge in [-0.2, -0.15) is 0 Å². The normalized spacial score (nSPS) is 27.6. The number of hydrogen-bond acceptors (Lipinski definition) is 2. The van der Waals surface area contributed by atoms with Crippen molar-refractivity contribution >= 4 is 11.6 Å². The molecule has 2 heteroatoms. The molecule has 2 nitrogen and oxygen atoms in total. The van der Waals surface area contributed by atoms with Crippen molar-refractivity contribution in [2.24, 2.45) is 5.92 Å². The van der Waals surface area contributed by atoms with Crippen LogP contribution in [-0.4, -0.2) is 17.6 Å². The number of fused-ring (bicyclic) bond motifs is 1. The summed E-state index contributed by atoms with van der Waals surface area (Å²) in [6.45, 7) is 4.98. The Labute approximate surface area is 96.1 Å². The zero-order valence-corrected chi connectivity index (χ0v) is 9.32. The van der Waals surface area contributed by atoms with Crippen LogP contribution in [0.3, 0.4) is 0 Å². The summed E-state index contributed by atoms with van der Waals surface area (Å²) in [5.74, 6) is 0.874. The van der Waals surface area contributed by atoms with E-state index in [-0.39, 0.29) is 0 Å². The average molecular weight is 212 g/mol. The van der Waals surface area contributed by atoms with E-state index in [2.05, 4.69) is 29.0 Å². The van der Waals surface area contributed by atoms with Gasteiger partial charge in [-0.05, 0) is 41.5 Å². The lowest BCUT2D eigenvalue weighted by Gasteiger charge is -2.41. The van der Waals surface area contributed by atoms with Crippen molar-refractivity contribution in [1.82, 2.24) is 10.3 Å². The van der Waals surface area contributed by atoms with Crippen LogP contribution in [0.25, 0.3) is 11.6 Å². The summed E-state index contributed by atoms with van der Waals surface area (Å²) >= 11 is 0. The van der Waals surface area contributed by atoms with Crippen LogP contribution in [0.5, 0.6) is 0 Å². The minimum absolute atomic E-state index is 0.701. The van der Waals surface area contributed by atoms with E-state index in [9.17, 15) is 0 Å². The molecule has 1 aromatic rings. The van der Waals surface area contributed by atoms with Crippen molar-refractivity contribution in [3.63, 3.8) is 0 Å². The molecule has 0 spiro atoms.